The Bertz CT molecular complexity index is 709. The third kappa shape index (κ3) is 4.95. The molecule has 0 atom stereocenters. The maximum absolute atomic E-state index is 12.4. The van der Waals surface area contributed by atoms with Gasteiger partial charge in [0.05, 0.1) is 5.02 Å². The smallest absolute Gasteiger partial charge is 0.223 e. The molecule has 2 heterocycles. The van der Waals surface area contributed by atoms with Gasteiger partial charge in [-0.15, -0.1) is 0 Å². The number of halogens is 1. The van der Waals surface area contributed by atoms with E-state index >= 15 is 0 Å². The van der Waals surface area contributed by atoms with Crippen LogP contribution in [0, 0.1) is 12.8 Å². The van der Waals surface area contributed by atoms with Gasteiger partial charge in [-0.3, -0.25) is 4.79 Å². The average Bonchev–Trinajstić information content (AvgIpc) is 2.62. The molecule has 0 bridgehead atoms. The molecular formula is C20H24ClN3O. The molecular weight excluding hydrogens is 334 g/mol. The van der Waals surface area contributed by atoms with Crippen molar-refractivity contribution >= 4 is 23.3 Å². The van der Waals surface area contributed by atoms with E-state index < -0.39 is 0 Å². The quantitative estimate of drug-likeness (QED) is 0.888. The van der Waals surface area contributed by atoms with Crippen LogP contribution in [0.1, 0.15) is 24.0 Å². The monoisotopic (exact) mass is 357 g/mol. The Labute approximate surface area is 154 Å². The van der Waals surface area contributed by atoms with Crippen molar-refractivity contribution in [2.75, 3.05) is 24.5 Å². The van der Waals surface area contributed by atoms with Gasteiger partial charge in [0, 0.05) is 31.7 Å². The van der Waals surface area contributed by atoms with Crippen molar-refractivity contribution in [3.8, 4) is 0 Å². The summed E-state index contributed by atoms with van der Waals surface area (Å²) in [6, 6.07) is 12.2. The minimum absolute atomic E-state index is 0.0982. The number of rotatable bonds is 5. The summed E-state index contributed by atoms with van der Waals surface area (Å²) in [4.78, 5) is 19.0. The molecule has 1 N–H and O–H groups in total. The summed E-state index contributed by atoms with van der Waals surface area (Å²) < 4.78 is 0. The number of aromatic nitrogens is 1. The molecule has 1 aromatic carbocycles. The van der Waals surface area contributed by atoms with Gasteiger partial charge in [-0.1, -0.05) is 41.4 Å². The van der Waals surface area contributed by atoms with Crippen molar-refractivity contribution in [2.45, 2.75) is 26.2 Å². The summed E-state index contributed by atoms with van der Waals surface area (Å²) in [5, 5.41) is 3.74. The second kappa shape index (κ2) is 8.34. The number of pyridine rings is 1. The van der Waals surface area contributed by atoms with Crippen LogP contribution in [0.15, 0.2) is 42.6 Å². The van der Waals surface area contributed by atoms with Gasteiger partial charge in [-0.2, -0.15) is 0 Å². The van der Waals surface area contributed by atoms with Crippen LogP contribution in [-0.2, 0) is 11.2 Å². The Balaban J connectivity index is 1.43. The summed E-state index contributed by atoms with van der Waals surface area (Å²) in [6.45, 7) is 4.49. The average molecular weight is 358 g/mol. The molecule has 0 saturated carbocycles. The fourth-order valence-electron chi connectivity index (χ4n) is 3.27. The first-order valence-electron chi connectivity index (χ1n) is 8.81. The number of anilines is 1. The predicted octanol–water partition coefficient (Wildman–Crippen LogP) is 3.62. The number of nitrogens with zero attached hydrogens (tertiary/aromatic N) is 2. The van der Waals surface area contributed by atoms with E-state index in [1.54, 1.807) is 6.20 Å². The highest BCUT2D eigenvalue weighted by molar-refractivity contribution is 6.30. The van der Waals surface area contributed by atoms with Gasteiger partial charge < -0.3 is 10.2 Å². The number of aryl methyl sites for hydroxylation is 1. The van der Waals surface area contributed by atoms with E-state index in [0.29, 0.717) is 11.6 Å². The largest absolute Gasteiger partial charge is 0.357 e. The summed E-state index contributed by atoms with van der Waals surface area (Å²) >= 11 is 5.88. The van der Waals surface area contributed by atoms with Gasteiger partial charge in [0.2, 0.25) is 5.91 Å². The lowest BCUT2D eigenvalue weighted by Crippen LogP contribution is -2.41. The lowest BCUT2D eigenvalue weighted by atomic mass is 9.96. The molecule has 1 amide bonds. The van der Waals surface area contributed by atoms with E-state index in [1.807, 2.05) is 12.1 Å². The van der Waals surface area contributed by atoms with E-state index in [4.69, 9.17) is 11.6 Å². The van der Waals surface area contributed by atoms with Gasteiger partial charge in [0.15, 0.2) is 0 Å². The summed E-state index contributed by atoms with van der Waals surface area (Å²) in [7, 11) is 0. The highest BCUT2D eigenvalue weighted by Gasteiger charge is 2.25. The van der Waals surface area contributed by atoms with Crippen LogP contribution in [0.4, 0.5) is 5.82 Å². The number of hydrogen-bond acceptors (Lipinski definition) is 3. The summed E-state index contributed by atoms with van der Waals surface area (Å²) in [5.41, 5.74) is 2.52. The summed E-state index contributed by atoms with van der Waals surface area (Å²) in [5.74, 6) is 1.21. The van der Waals surface area contributed by atoms with Crippen molar-refractivity contribution in [1.82, 2.24) is 10.3 Å². The zero-order valence-electron chi connectivity index (χ0n) is 14.5. The maximum Gasteiger partial charge on any atom is 0.223 e. The van der Waals surface area contributed by atoms with Crippen LogP contribution in [0.2, 0.25) is 5.02 Å². The lowest BCUT2D eigenvalue weighted by Gasteiger charge is -2.32. The molecule has 3 rings (SSSR count). The fourth-order valence-corrected chi connectivity index (χ4v) is 3.38. The van der Waals surface area contributed by atoms with Crippen molar-refractivity contribution in [3.63, 3.8) is 0 Å². The van der Waals surface area contributed by atoms with Crippen LogP contribution >= 0.6 is 11.6 Å². The number of carbonyl (C=O) groups excluding carboxylic acids is 1. The second-order valence-corrected chi connectivity index (χ2v) is 7.06. The topological polar surface area (TPSA) is 45.2 Å². The number of amides is 1. The van der Waals surface area contributed by atoms with Crippen LogP contribution in [0.3, 0.4) is 0 Å². The molecule has 0 aliphatic carbocycles. The van der Waals surface area contributed by atoms with E-state index in [-0.39, 0.29) is 11.8 Å². The molecule has 2 aromatic rings. The predicted molar refractivity (Wildman–Crippen MR) is 102 cm³/mol. The van der Waals surface area contributed by atoms with Gasteiger partial charge >= 0.3 is 0 Å². The maximum atomic E-state index is 12.4. The minimum atomic E-state index is 0.0982. The lowest BCUT2D eigenvalue weighted by molar-refractivity contribution is -0.125. The van der Waals surface area contributed by atoms with E-state index in [1.165, 1.54) is 11.1 Å². The van der Waals surface area contributed by atoms with Crippen molar-refractivity contribution in [2.24, 2.45) is 5.92 Å². The molecule has 0 unspecified atom stereocenters. The Kier molecular flexibility index (Phi) is 5.92. The molecule has 4 nitrogen and oxygen atoms in total. The molecule has 1 aromatic heterocycles. The molecule has 132 valence electrons. The Morgan fingerprint density at radius 3 is 2.76 bits per heavy atom. The van der Waals surface area contributed by atoms with Crippen molar-refractivity contribution < 1.29 is 4.79 Å². The summed E-state index contributed by atoms with van der Waals surface area (Å²) in [6.07, 6.45) is 4.27. The SMILES string of the molecule is Cc1cccc(CCNC(=O)C2CCN(c3ccc(Cl)cn3)CC2)c1. The van der Waals surface area contributed by atoms with E-state index in [2.05, 4.69) is 46.4 Å². The van der Waals surface area contributed by atoms with E-state index in [0.717, 1.165) is 38.2 Å². The number of hydrogen-bond donors (Lipinski definition) is 1. The molecule has 1 saturated heterocycles. The highest BCUT2D eigenvalue weighted by Crippen LogP contribution is 2.22. The minimum Gasteiger partial charge on any atom is -0.357 e. The number of carbonyl (C=O) groups is 1. The Morgan fingerprint density at radius 1 is 1.28 bits per heavy atom. The number of benzene rings is 1. The molecule has 1 aliphatic heterocycles. The van der Waals surface area contributed by atoms with E-state index in [9.17, 15) is 4.79 Å². The van der Waals surface area contributed by atoms with Crippen LogP contribution in [0.5, 0.6) is 0 Å². The first-order valence-corrected chi connectivity index (χ1v) is 9.19. The molecule has 0 spiro atoms. The van der Waals surface area contributed by atoms with Gasteiger partial charge in [0.1, 0.15) is 5.82 Å². The van der Waals surface area contributed by atoms with Gasteiger partial charge in [-0.25, -0.2) is 4.98 Å². The second-order valence-electron chi connectivity index (χ2n) is 6.63. The molecule has 1 aliphatic rings. The van der Waals surface area contributed by atoms with Crippen molar-refractivity contribution in [3.05, 3.63) is 58.7 Å². The molecule has 0 radical (unpaired) electrons. The molecule has 1 fully saturated rings. The first-order chi connectivity index (χ1) is 12.1. The third-order valence-corrected chi connectivity index (χ3v) is 4.92. The fraction of sp³-hybridized carbons (Fsp3) is 0.400. The van der Waals surface area contributed by atoms with Crippen LogP contribution < -0.4 is 10.2 Å². The number of piperidine rings is 1. The zero-order chi connectivity index (χ0) is 17.6. The standard InChI is InChI=1S/C20H24ClN3O/c1-15-3-2-4-16(13-15)7-10-22-20(25)17-8-11-24(12-9-17)19-6-5-18(21)14-23-19/h2-6,13-14,17H,7-12H2,1H3,(H,22,25). The zero-order valence-corrected chi connectivity index (χ0v) is 15.3. The Morgan fingerprint density at radius 2 is 2.08 bits per heavy atom. The normalized spacial score (nSPS) is 15.2. The van der Waals surface area contributed by atoms with Gasteiger partial charge in [-0.05, 0) is 43.9 Å². The number of nitrogens with one attached hydrogen (secondary N) is 1. The molecule has 25 heavy (non-hydrogen) atoms. The third-order valence-electron chi connectivity index (χ3n) is 4.70. The van der Waals surface area contributed by atoms with Crippen molar-refractivity contribution in [1.29, 1.82) is 0 Å². The first kappa shape index (κ1) is 17.7. The van der Waals surface area contributed by atoms with Crippen LogP contribution in [-0.4, -0.2) is 30.5 Å². The highest BCUT2D eigenvalue weighted by atomic mass is 35.5. The van der Waals surface area contributed by atoms with Gasteiger partial charge in [0.25, 0.3) is 0 Å². The molecule has 5 heteroatoms. The van der Waals surface area contributed by atoms with Crippen LogP contribution in [0.25, 0.3) is 0 Å². The Hall–Kier alpha value is -2.07.